The lowest BCUT2D eigenvalue weighted by atomic mass is 9.79. The second-order valence-electron chi connectivity index (χ2n) is 15.7. The molecule has 2 atom stereocenters. The Labute approximate surface area is 324 Å². The highest BCUT2D eigenvalue weighted by atomic mass is 16.3. The first-order valence-corrected chi connectivity index (χ1v) is 19.6. The van der Waals surface area contributed by atoms with Crippen LogP contribution < -0.4 is 0 Å². The third-order valence-corrected chi connectivity index (χ3v) is 12.7. The molecule has 0 amide bonds. The molecule has 2 unspecified atom stereocenters. The number of hydrogen-bond donors (Lipinski definition) is 1. The van der Waals surface area contributed by atoms with E-state index in [1.807, 2.05) is 6.08 Å². The molecule has 0 spiro atoms. The minimum Gasteiger partial charge on any atom is -0.388 e. The quantitative estimate of drug-likeness (QED) is 0.180. The average molecular weight is 713 g/mol. The molecule has 1 N–H and O–H groups in total. The highest BCUT2D eigenvalue weighted by Gasteiger charge is 2.26. The zero-order valence-corrected chi connectivity index (χ0v) is 30.9. The zero-order valence-electron chi connectivity index (χ0n) is 30.9. The maximum atomic E-state index is 11.9. The molecule has 12 rings (SSSR count). The van der Waals surface area contributed by atoms with Gasteiger partial charge >= 0.3 is 0 Å². The van der Waals surface area contributed by atoms with Gasteiger partial charge in [0.25, 0.3) is 0 Å². The van der Waals surface area contributed by atoms with E-state index in [1.54, 1.807) is 0 Å². The summed E-state index contributed by atoms with van der Waals surface area (Å²) < 4.78 is 0. The Kier molecular flexibility index (Phi) is 6.67. The van der Waals surface area contributed by atoms with Crippen LogP contribution in [0.5, 0.6) is 0 Å². The monoisotopic (exact) mass is 712 g/mol. The lowest BCUT2D eigenvalue weighted by molar-refractivity contribution is 0.206. The fourth-order valence-corrected chi connectivity index (χ4v) is 9.99. The molecule has 0 radical (unpaired) electrons. The van der Waals surface area contributed by atoms with Crippen LogP contribution in [0.3, 0.4) is 0 Å². The molecule has 11 aromatic rings. The van der Waals surface area contributed by atoms with Crippen LogP contribution in [0, 0.1) is 6.92 Å². The molecule has 0 aromatic heterocycles. The van der Waals surface area contributed by atoms with Gasteiger partial charge in [-0.15, -0.1) is 0 Å². The van der Waals surface area contributed by atoms with E-state index in [2.05, 4.69) is 183 Å². The molecular formula is C55H36O. The average Bonchev–Trinajstić information content (AvgIpc) is 3.25. The Morgan fingerprint density at radius 3 is 1.59 bits per heavy atom. The molecule has 0 saturated heterocycles. The molecule has 0 bridgehead atoms. The van der Waals surface area contributed by atoms with Crippen molar-refractivity contribution in [2.75, 3.05) is 0 Å². The highest BCUT2D eigenvalue weighted by molar-refractivity contribution is 6.26. The maximum absolute atomic E-state index is 11.9. The summed E-state index contributed by atoms with van der Waals surface area (Å²) in [6.45, 7) is 2.24. The van der Waals surface area contributed by atoms with E-state index < -0.39 is 6.10 Å². The molecule has 1 heteroatoms. The fraction of sp³-hybridized carbons (Fsp3) is 0.0545. The molecule has 1 aliphatic carbocycles. The number of rotatable bonds is 4. The minimum atomic E-state index is -0.668. The Morgan fingerprint density at radius 1 is 0.411 bits per heavy atom. The fourth-order valence-electron chi connectivity index (χ4n) is 9.99. The number of allylic oxidation sites excluding steroid dienone is 2. The van der Waals surface area contributed by atoms with Crippen LogP contribution in [-0.2, 0) is 0 Å². The van der Waals surface area contributed by atoms with E-state index in [1.165, 1.54) is 103 Å². The first kappa shape index (κ1) is 31.5. The van der Waals surface area contributed by atoms with Crippen molar-refractivity contribution >= 4 is 81.0 Å². The first-order valence-electron chi connectivity index (χ1n) is 19.6. The number of fused-ring (bicyclic) bond motifs is 1. The van der Waals surface area contributed by atoms with Gasteiger partial charge in [-0.1, -0.05) is 170 Å². The van der Waals surface area contributed by atoms with Crippen LogP contribution >= 0.6 is 0 Å². The van der Waals surface area contributed by atoms with Crippen molar-refractivity contribution in [3.8, 4) is 22.3 Å². The van der Waals surface area contributed by atoms with Crippen LogP contribution in [0.25, 0.3) is 103 Å². The second-order valence-corrected chi connectivity index (χ2v) is 15.7. The lowest BCUT2D eigenvalue weighted by Crippen LogP contribution is -2.18. The summed E-state index contributed by atoms with van der Waals surface area (Å²) in [4.78, 5) is 0. The van der Waals surface area contributed by atoms with Crippen LogP contribution in [0.15, 0.2) is 182 Å². The van der Waals surface area contributed by atoms with Gasteiger partial charge < -0.3 is 5.11 Å². The summed E-state index contributed by atoms with van der Waals surface area (Å²) in [6.07, 6.45) is 5.77. The van der Waals surface area contributed by atoms with Gasteiger partial charge in [0.1, 0.15) is 0 Å². The molecule has 0 aliphatic heterocycles. The molecule has 262 valence electrons. The van der Waals surface area contributed by atoms with Gasteiger partial charge in [-0.3, -0.25) is 0 Å². The molecule has 1 nitrogen and oxygen atoms in total. The predicted molar refractivity (Wildman–Crippen MR) is 239 cm³/mol. The maximum Gasteiger partial charge on any atom is 0.0827 e. The molecule has 0 saturated carbocycles. The predicted octanol–water partition coefficient (Wildman–Crippen LogP) is 14.4. The van der Waals surface area contributed by atoms with Gasteiger partial charge in [-0.2, -0.15) is 0 Å². The Bertz CT molecular complexity index is 3420. The third-order valence-electron chi connectivity index (χ3n) is 12.7. The summed E-state index contributed by atoms with van der Waals surface area (Å²) in [5, 5.41) is 29.7. The largest absolute Gasteiger partial charge is 0.388 e. The number of aliphatic hydroxyl groups is 1. The van der Waals surface area contributed by atoms with Crippen molar-refractivity contribution in [1.29, 1.82) is 0 Å². The topological polar surface area (TPSA) is 20.2 Å². The Balaban J connectivity index is 1.09. The van der Waals surface area contributed by atoms with Crippen molar-refractivity contribution in [3.05, 3.63) is 199 Å². The summed E-state index contributed by atoms with van der Waals surface area (Å²) in [5.74, 6) is -0.243. The lowest BCUT2D eigenvalue weighted by Gasteiger charge is -2.27. The molecule has 1 aliphatic rings. The number of hydrogen-bond acceptors (Lipinski definition) is 1. The van der Waals surface area contributed by atoms with Crippen molar-refractivity contribution in [2.24, 2.45) is 0 Å². The smallest absolute Gasteiger partial charge is 0.0827 e. The normalized spacial score (nSPS) is 16.1. The van der Waals surface area contributed by atoms with Crippen LogP contribution in [0.2, 0.25) is 0 Å². The van der Waals surface area contributed by atoms with Gasteiger partial charge in [0, 0.05) is 5.92 Å². The van der Waals surface area contributed by atoms with Gasteiger partial charge in [0.05, 0.1) is 6.10 Å². The van der Waals surface area contributed by atoms with E-state index in [0.717, 1.165) is 16.7 Å². The second kappa shape index (κ2) is 11.8. The van der Waals surface area contributed by atoms with Gasteiger partial charge in [-0.25, -0.2) is 0 Å². The third kappa shape index (κ3) is 4.59. The number of aliphatic hydroxyl groups excluding tert-OH is 1. The SMILES string of the molecule is Cc1c(-c2ccc3ccccc3c2)cc(-c2ccc3ccc4cccc5ccc2c3c45)cc1C1C=C(c2ccc3ccc4cccc5ccc2c3c45)C=CC1O. The first-order chi connectivity index (χ1) is 27.6. The van der Waals surface area contributed by atoms with Crippen molar-refractivity contribution in [3.63, 3.8) is 0 Å². The van der Waals surface area contributed by atoms with Crippen LogP contribution in [-0.4, -0.2) is 11.2 Å². The molecule has 0 heterocycles. The Hall–Kier alpha value is -6.80. The van der Waals surface area contributed by atoms with E-state index in [9.17, 15) is 5.11 Å². The molecule has 56 heavy (non-hydrogen) atoms. The van der Waals surface area contributed by atoms with Gasteiger partial charge in [-0.05, 0) is 139 Å². The van der Waals surface area contributed by atoms with E-state index in [4.69, 9.17) is 0 Å². The molecule has 11 aromatic carbocycles. The van der Waals surface area contributed by atoms with Crippen molar-refractivity contribution < 1.29 is 5.11 Å². The van der Waals surface area contributed by atoms with E-state index in [-0.39, 0.29) is 5.92 Å². The molecule has 0 fully saturated rings. The standard InChI is InChI=1S/C55H36O/c1-32-48(41-17-12-33-6-2-3-7-40(33)28-41)30-43(45-24-19-39-16-14-35-9-5-11-37-21-26-47(45)55(39)53(35)37)31-49(32)50-29-42(22-27-51(50)56)44-23-18-38-15-13-34-8-4-10-36-20-25-46(44)54(38)52(34)36/h2-31,50-51,56H,1H3. The van der Waals surface area contributed by atoms with E-state index >= 15 is 0 Å². The summed E-state index contributed by atoms with van der Waals surface area (Å²) in [6, 6.07) is 60.5. The summed E-state index contributed by atoms with van der Waals surface area (Å²) in [7, 11) is 0. The van der Waals surface area contributed by atoms with Gasteiger partial charge in [0.15, 0.2) is 0 Å². The van der Waals surface area contributed by atoms with Crippen LogP contribution in [0.4, 0.5) is 0 Å². The Morgan fingerprint density at radius 2 is 0.929 bits per heavy atom. The zero-order chi connectivity index (χ0) is 37.1. The number of benzene rings is 11. The van der Waals surface area contributed by atoms with E-state index in [0.29, 0.717) is 0 Å². The highest BCUT2D eigenvalue weighted by Crippen LogP contribution is 2.45. The minimum absolute atomic E-state index is 0.243. The summed E-state index contributed by atoms with van der Waals surface area (Å²) in [5.41, 5.74) is 9.39. The van der Waals surface area contributed by atoms with Crippen molar-refractivity contribution in [1.82, 2.24) is 0 Å². The van der Waals surface area contributed by atoms with Gasteiger partial charge in [0.2, 0.25) is 0 Å². The molecular weight excluding hydrogens is 677 g/mol. The van der Waals surface area contributed by atoms with Crippen LogP contribution in [0.1, 0.15) is 22.6 Å². The summed E-state index contributed by atoms with van der Waals surface area (Å²) >= 11 is 0. The van der Waals surface area contributed by atoms with Crippen molar-refractivity contribution in [2.45, 2.75) is 18.9 Å².